The molecule has 0 aliphatic heterocycles. The summed E-state index contributed by atoms with van der Waals surface area (Å²) in [5.41, 5.74) is 3.69. The van der Waals surface area contributed by atoms with E-state index in [0.717, 1.165) is 36.3 Å². The summed E-state index contributed by atoms with van der Waals surface area (Å²) in [7, 11) is 2.06. The van der Waals surface area contributed by atoms with Crippen molar-refractivity contribution in [3.8, 4) is 0 Å². The summed E-state index contributed by atoms with van der Waals surface area (Å²) in [5.74, 6) is -0.143. The Bertz CT molecular complexity index is 596. The van der Waals surface area contributed by atoms with Crippen molar-refractivity contribution in [1.82, 2.24) is 9.88 Å². The minimum atomic E-state index is -0.143. The van der Waals surface area contributed by atoms with Crippen LogP contribution in [0.3, 0.4) is 0 Å². The van der Waals surface area contributed by atoms with Crippen LogP contribution in [0.4, 0.5) is 4.39 Å². The first-order chi connectivity index (χ1) is 9.16. The largest absolute Gasteiger partial charge is 0.348 e. The average Bonchev–Trinajstić information content (AvgIpc) is 3.18. The summed E-state index contributed by atoms with van der Waals surface area (Å²) in [6, 6.07) is 5.86. The van der Waals surface area contributed by atoms with Crippen LogP contribution in [0.1, 0.15) is 30.5 Å². The molecule has 1 aromatic heterocycles. The molecule has 0 spiro atoms. The van der Waals surface area contributed by atoms with E-state index in [1.165, 1.54) is 24.1 Å². The summed E-state index contributed by atoms with van der Waals surface area (Å²) in [6.07, 6.45) is 4.80. The normalized spacial score (nSPS) is 15.3. The van der Waals surface area contributed by atoms with E-state index in [4.69, 9.17) is 0 Å². The molecule has 1 saturated carbocycles. The fourth-order valence-corrected chi connectivity index (χ4v) is 2.79. The number of aryl methyl sites for hydroxylation is 2. The van der Waals surface area contributed by atoms with Gasteiger partial charge in [-0.15, -0.1) is 0 Å². The molecule has 1 heterocycles. The van der Waals surface area contributed by atoms with Crippen molar-refractivity contribution < 1.29 is 4.39 Å². The third-order valence-electron chi connectivity index (χ3n) is 4.20. The Morgan fingerprint density at radius 1 is 1.37 bits per heavy atom. The average molecular weight is 260 g/mol. The van der Waals surface area contributed by atoms with E-state index < -0.39 is 0 Å². The number of nitrogens with one attached hydrogen (secondary N) is 1. The summed E-state index contributed by atoms with van der Waals surface area (Å²) >= 11 is 0. The summed E-state index contributed by atoms with van der Waals surface area (Å²) in [5, 5.41) is 4.61. The molecule has 1 fully saturated rings. The molecule has 1 N–H and O–H groups in total. The second-order valence-electron chi connectivity index (χ2n) is 5.62. The molecule has 1 aliphatic rings. The van der Waals surface area contributed by atoms with Crippen LogP contribution in [0.5, 0.6) is 0 Å². The van der Waals surface area contributed by atoms with Gasteiger partial charge in [0.05, 0.1) is 0 Å². The lowest BCUT2D eigenvalue weighted by Gasteiger charge is -2.04. The fraction of sp³-hybridized carbons (Fsp3) is 0.500. The SMILES string of the molecule is Cc1c(CCCNC2CC2)c2cc(F)ccc2n1C. The van der Waals surface area contributed by atoms with Crippen molar-refractivity contribution in [1.29, 1.82) is 0 Å². The maximum Gasteiger partial charge on any atom is 0.123 e. The van der Waals surface area contributed by atoms with Gasteiger partial charge in [-0.1, -0.05) is 0 Å². The maximum absolute atomic E-state index is 13.4. The molecular weight excluding hydrogens is 239 g/mol. The van der Waals surface area contributed by atoms with E-state index in [2.05, 4.69) is 23.9 Å². The number of halogens is 1. The van der Waals surface area contributed by atoms with E-state index in [1.807, 2.05) is 6.07 Å². The quantitative estimate of drug-likeness (QED) is 0.816. The van der Waals surface area contributed by atoms with Gasteiger partial charge in [0.2, 0.25) is 0 Å². The van der Waals surface area contributed by atoms with Gasteiger partial charge in [0.1, 0.15) is 5.82 Å². The van der Waals surface area contributed by atoms with E-state index >= 15 is 0 Å². The van der Waals surface area contributed by atoms with Crippen LogP contribution in [0.25, 0.3) is 10.9 Å². The molecule has 0 unspecified atom stereocenters. The minimum Gasteiger partial charge on any atom is -0.348 e. The molecule has 0 atom stereocenters. The molecule has 3 rings (SSSR count). The number of hydrogen-bond donors (Lipinski definition) is 1. The molecule has 0 amide bonds. The van der Waals surface area contributed by atoms with Gasteiger partial charge in [-0.25, -0.2) is 4.39 Å². The number of hydrogen-bond acceptors (Lipinski definition) is 1. The zero-order valence-electron chi connectivity index (χ0n) is 11.7. The highest BCUT2D eigenvalue weighted by atomic mass is 19.1. The Hall–Kier alpha value is -1.35. The highest BCUT2D eigenvalue weighted by molar-refractivity contribution is 5.85. The third kappa shape index (κ3) is 2.52. The summed E-state index contributed by atoms with van der Waals surface area (Å²) < 4.78 is 15.6. The molecule has 2 nitrogen and oxygen atoms in total. The third-order valence-corrected chi connectivity index (χ3v) is 4.20. The van der Waals surface area contributed by atoms with Crippen LogP contribution in [-0.2, 0) is 13.5 Å². The molecule has 0 radical (unpaired) electrons. The number of benzene rings is 1. The van der Waals surface area contributed by atoms with E-state index in [-0.39, 0.29) is 5.82 Å². The number of fused-ring (bicyclic) bond motifs is 1. The Labute approximate surface area is 113 Å². The van der Waals surface area contributed by atoms with E-state index in [1.54, 1.807) is 12.1 Å². The van der Waals surface area contributed by atoms with Crippen molar-refractivity contribution in [2.45, 2.75) is 38.6 Å². The molecule has 1 aromatic carbocycles. The summed E-state index contributed by atoms with van der Waals surface area (Å²) in [6.45, 7) is 3.19. The molecule has 19 heavy (non-hydrogen) atoms. The zero-order chi connectivity index (χ0) is 13.4. The molecule has 1 aliphatic carbocycles. The van der Waals surface area contributed by atoms with Gasteiger partial charge in [-0.05, 0) is 62.9 Å². The number of rotatable bonds is 5. The molecule has 3 heteroatoms. The van der Waals surface area contributed by atoms with Crippen LogP contribution >= 0.6 is 0 Å². The summed E-state index contributed by atoms with van der Waals surface area (Å²) in [4.78, 5) is 0. The lowest BCUT2D eigenvalue weighted by Crippen LogP contribution is -2.17. The Balaban J connectivity index is 1.80. The fourth-order valence-electron chi connectivity index (χ4n) is 2.79. The van der Waals surface area contributed by atoms with Crippen LogP contribution in [0.2, 0.25) is 0 Å². The van der Waals surface area contributed by atoms with Gasteiger partial charge < -0.3 is 9.88 Å². The van der Waals surface area contributed by atoms with Crippen molar-refractivity contribution in [2.75, 3.05) is 6.54 Å². The van der Waals surface area contributed by atoms with E-state index in [0.29, 0.717) is 0 Å². The Morgan fingerprint density at radius 2 is 2.16 bits per heavy atom. The first kappa shape index (κ1) is 12.7. The molecule has 102 valence electrons. The van der Waals surface area contributed by atoms with Crippen LogP contribution in [-0.4, -0.2) is 17.2 Å². The van der Waals surface area contributed by atoms with Gasteiger partial charge >= 0.3 is 0 Å². The number of nitrogens with zero attached hydrogens (tertiary/aromatic N) is 1. The molecule has 0 saturated heterocycles. The Kier molecular flexibility index (Phi) is 3.31. The van der Waals surface area contributed by atoms with Crippen molar-refractivity contribution in [3.05, 3.63) is 35.3 Å². The van der Waals surface area contributed by atoms with Crippen LogP contribution in [0, 0.1) is 12.7 Å². The molecular formula is C16H21FN2. The lowest BCUT2D eigenvalue weighted by molar-refractivity contribution is 0.629. The minimum absolute atomic E-state index is 0.143. The van der Waals surface area contributed by atoms with Crippen molar-refractivity contribution >= 4 is 10.9 Å². The molecule has 2 aromatic rings. The van der Waals surface area contributed by atoms with Crippen LogP contribution in [0.15, 0.2) is 18.2 Å². The first-order valence-electron chi connectivity index (χ1n) is 7.13. The van der Waals surface area contributed by atoms with Gasteiger partial charge in [0.15, 0.2) is 0 Å². The van der Waals surface area contributed by atoms with Gasteiger partial charge in [-0.3, -0.25) is 0 Å². The molecule has 0 bridgehead atoms. The zero-order valence-corrected chi connectivity index (χ0v) is 11.7. The van der Waals surface area contributed by atoms with E-state index in [9.17, 15) is 4.39 Å². The topological polar surface area (TPSA) is 17.0 Å². The van der Waals surface area contributed by atoms with Crippen LogP contribution < -0.4 is 5.32 Å². The predicted molar refractivity (Wildman–Crippen MR) is 77.0 cm³/mol. The highest BCUT2D eigenvalue weighted by Crippen LogP contribution is 2.27. The number of aromatic nitrogens is 1. The highest BCUT2D eigenvalue weighted by Gasteiger charge is 2.19. The second-order valence-corrected chi connectivity index (χ2v) is 5.62. The van der Waals surface area contributed by atoms with Crippen molar-refractivity contribution in [3.63, 3.8) is 0 Å². The Morgan fingerprint density at radius 3 is 2.89 bits per heavy atom. The first-order valence-corrected chi connectivity index (χ1v) is 7.13. The smallest absolute Gasteiger partial charge is 0.123 e. The van der Waals surface area contributed by atoms with Gasteiger partial charge in [0.25, 0.3) is 0 Å². The van der Waals surface area contributed by atoms with Crippen molar-refractivity contribution in [2.24, 2.45) is 7.05 Å². The lowest BCUT2D eigenvalue weighted by atomic mass is 10.1. The standard InChI is InChI=1S/C16H21FN2/c1-11-14(4-3-9-18-13-6-7-13)15-10-12(17)5-8-16(15)19(11)2/h5,8,10,13,18H,3-4,6-7,9H2,1-2H3. The predicted octanol–water partition coefficient (Wildman–Crippen LogP) is 3.31. The van der Waals surface area contributed by atoms with Gasteiger partial charge in [-0.2, -0.15) is 0 Å². The maximum atomic E-state index is 13.4. The monoisotopic (exact) mass is 260 g/mol. The second kappa shape index (κ2) is 4.97. The van der Waals surface area contributed by atoms with Gasteiger partial charge in [0, 0.05) is 29.7 Å².